The molecule has 0 saturated carbocycles. The summed E-state index contributed by atoms with van der Waals surface area (Å²) < 4.78 is 11.3. The number of rotatable bonds is 7. The van der Waals surface area contributed by atoms with Crippen molar-refractivity contribution >= 4 is 6.29 Å². The molecule has 0 atom stereocenters. The van der Waals surface area contributed by atoms with Gasteiger partial charge in [-0.25, -0.2) is 0 Å². The number of carbonyl (C=O) groups is 1. The number of carbonyl (C=O) groups excluding carboxylic acids is 1. The van der Waals surface area contributed by atoms with Crippen LogP contribution in [0.1, 0.15) is 12.0 Å². The largest absolute Gasteiger partial charge is 0.489 e. The first-order chi connectivity index (χ1) is 9.40. The Kier molecular flexibility index (Phi) is 4.99. The zero-order valence-corrected chi connectivity index (χ0v) is 10.6. The first kappa shape index (κ1) is 13.1. The van der Waals surface area contributed by atoms with Crippen molar-refractivity contribution < 1.29 is 14.3 Å². The molecule has 0 unspecified atom stereocenters. The predicted octanol–water partition coefficient (Wildman–Crippen LogP) is 3.23. The van der Waals surface area contributed by atoms with Crippen molar-refractivity contribution in [3.05, 3.63) is 60.2 Å². The van der Waals surface area contributed by atoms with Gasteiger partial charge < -0.3 is 14.3 Å². The fourth-order valence-electron chi connectivity index (χ4n) is 1.64. The minimum Gasteiger partial charge on any atom is -0.489 e. The molecule has 3 heteroatoms. The quantitative estimate of drug-likeness (QED) is 0.563. The highest BCUT2D eigenvalue weighted by Crippen LogP contribution is 2.27. The van der Waals surface area contributed by atoms with Gasteiger partial charge in [-0.15, -0.1) is 0 Å². The molecule has 0 amide bonds. The number of benzene rings is 2. The minimum absolute atomic E-state index is 0.370. The molecule has 2 rings (SSSR count). The SMILES string of the molecule is O=CCCOc1ccccc1OCc1ccccc1. The molecule has 0 radical (unpaired) electrons. The van der Waals surface area contributed by atoms with Crippen LogP contribution in [0.4, 0.5) is 0 Å². The van der Waals surface area contributed by atoms with Crippen LogP contribution in [0.2, 0.25) is 0 Å². The molecule has 2 aromatic carbocycles. The van der Waals surface area contributed by atoms with Gasteiger partial charge in [0.25, 0.3) is 0 Å². The maximum absolute atomic E-state index is 10.3. The van der Waals surface area contributed by atoms with Crippen LogP contribution in [0.15, 0.2) is 54.6 Å². The topological polar surface area (TPSA) is 35.5 Å². The molecule has 0 aliphatic heterocycles. The maximum Gasteiger partial charge on any atom is 0.161 e. The smallest absolute Gasteiger partial charge is 0.161 e. The number of aldehydes is 1. The summed E-state index contributed by atoms with van der Waals surface area (Å²) in [6, 6.07) is 17.4. The second kappa shape index (κ2) is 7.21. The Hall–Kier alpha value is -2.29. The van der Waals surface area contributed by atoms with Crippen molar-refractivity contribution in [2.45, 2.75) is 13.0 Å². The average Bonchev–Trinajstić information content (AvgIpc) is 2.48. The summed E-state index contributed by atoms with van der Waals surface area (Å²) in [5.74, 6) is 1.36. The van der Waals surface area contributed by atoms with Crippen LogP contribution < -0.4 is 9.47 Å². The number of para-hydroxylation sites is 2. The van der Waals surface area contributed by atoms with Gasteiger partial charge in [0, 0.05) is 6.42 Å². The molecule has 0 heterocycles. The highest BCUT2D eigenvalue weighted by Gasteiger charge is 2.04. The van der Waals surface area contributed by atoms with E-state index in [1.807, 2.05) is 54.6 Å². The van der Waals surface area contributed by atoms with Gasteiger partial charge in [0.05, 0.1) is 6.61 Å². The lowest BCUT2D eigenvalue weighted by Gasteiger charge is -2.11. The summed E-state index contributed by atoms with van der Waals surface area (Å²) in [5, 5.41) is 0. The highest BCUT2D eigenvalue weighted by molar-refractivity contribution is 5.49. The zero-order valence-electron chi connectivity index (χ0n) is 10.6. The van der Waals surface area contributed by atoms with E-state index in [4.69, 9.17) is 9.47 Å². The van der Waals surface area contributed by atoms with E-state index >= 15 is 0 Å². The highest BCUT2D eigenvalue weighted by atomic mass is 16.5. The molecular weight excluding hydrogens is 240 g/mol. The molecule has 0 aliphatic rings. The van der Waals surface area contributed by atoms with Gasteiger partial charge in [0.15, 0.2) is 11.5 Å². The monoisotopic (exact) mass is 256 g/mol. The number of ether oxygens (including phenoxy) is 2. The van der Waals surface area contributed by atoms with E-state index in [-0.39, 0.29) is 0 Å². The van der Waals surface area contributed by atoms with Crippen LogP contribution >= 0.6 is 0 Å². The average molecular weight is 256 g/mol. The van der Waals surface area contributed by atoms with E-state index in [1.165, 1.54) is 0 Å². The molecule has 0 aliphatic carbocycles. The van der Waals surface area contributed by atoms with E-state index < -0.39 is 0 Å². The van der Waals surface area contributed by atoms with Gasteiger partial charge in [0.2, 0.25) is 0 Å². The third-order valence-corrected chi connectivity index (χ3v) is 2.58. The van der Waals surface area contributed by atoms with Gasteiger partial charge in [-0.05, 0) is 17.7 Å². The molecule has 2 aromatic rings. The fourth-order valence-corrected chi connectivity index (χ4v) is 1.64. The molecule has 0 saturated heterocycles. The van der Waals surface area contributed by atoms with E-state index in [0.717, 1.165) is 11.8 Å². The van der Waals surface area contributed by atoms with Gasteiger partial charge in [-0.3, -0.25) is 0 Å². The van der Waals surface area contributed by atoms with E-state index in [1.54, 1.807) is 0 Å². The summed E-state index contributed by atoms with van der Waals surface area (Å²) >= 11 is 0. The molecule has 19 heavy (non-hydrogen) atoms. The third-order valence-electron chi connectivity index (χ3n) is 2.58. The lowest BCUT2D eigenvalue weighted by atomic mass is 10.2. The van der Waals surface area contributed by atoms with Crippen molar-refractivity contribution in [3.63, 3.8) is 0 Å². The minimum atomic E-state index is 0.370. The van der Waals surface area contributed by atoms with Crippen molar-refractivity contribution in [2.75, 3.05) is 6.61 Å². The van der Waals surface area contributed by atoms with Gasteiger partial charge in [-0.1, -0.05) is 42.5 Å². The first-order valence-corrected chi connectivity index (χ1v) is 6.22. The molecule has 0 N–H and O–H groups in total. The summed E-state index contributed by atoms with van der Waals surface area (Å²) in [5.41, 5.74) is 1.10. The van der Waals surface area contributed by atoms with Gasteiger partial charge >= 0.3 is 0 Å². The third kappa shape index (κ3) is 4.14. The Morgan fingerprint density at radius 3 is 2.16 bits per heavy atom. The second-order valence-corrected chi connectivity index (χ2v) is 4.02. The summed E-state index contributed by atoms with van der Waals surface area (Å²) in [6.45, 7) is 0.865. The summed E-state index contributed by atoms with van der Waals surface area (Å²) in [6.07, 6.45) is 1.22. The van der Waals surface area contributed by atoms with Crippen LogP contribution in [-0.4, -0.2) is 12.9 Å². The number of hydrogen-bond donors (Lipinski definition) is 0. The molecular formula is C16H16O3. The lowest BCUT2D eigenvalue weighted by molar-refractivity contribution is -0.108. The standard InChI is InChI=1S/C16H16O3/c17-11-6-12-18-15-9-4-5-10-16(15)19-13-14-7-2-1-3-8-14/h1-5,7-11H,6,12-13H2. The van der Waals surface area contributed by atoms with Gasteiger partial charge in [0.1, 0.15) is 12.9 Å². The first-order valence-electron chi connectivity index (χ1n) is 6.22. The Bertz CT molecular complexity index is 508. The molecule has 0 bridgehead atoms. The van der Waals surface area contributed by atoms with Crippen LogP contribution in [0, 0.1) is 0 Å². The molecule has 0 aromatic heterocycles. The Balaban J connectivity index is 1.97. The van der Waals surface area contributed by atoms with E-state index in [2.05, 4.69) is 0 Å². The predicted molar refractivity (Wildman–Crippen MR) is 73.4 cm³/mol. The van der Waals surface area contributed by atoms with E-state index in [9.17, 15) is 4.79 Å². The summed E-state index contributed by atoms with van der Waals surface area (Å²) in [4.78, 5) is 10.3. The van der Waals surface area contributed by atoms with Crippen molar-refractivity contribution in [1.82, 2.24) is 0 Å². The maximum atomic E-state index is 10.3. The Morgan fingerprint density at radius 2 is 1.47 bits per heavy atom. The zero-order chi connectivity index (χ0) is 13.3. The fraction of sp³-hybridized carbons (Fsp3) is 0.188. The molecule has 3 nitrogen and oxygen atoms in total. The van der Waals surface area contributed by atoms with Crippen LogP contribution in [0.25, 0.3) is 0 Å². The van der Waals surface area contributed by atoms with Crippen LogP contribution in [0.3, 0.4) is 0 Å². The van der Waals surface area contributed by atoms with Crippen molar-refractivity contribution in [3.8, 4) is 11.5 Å². The van der Waals surface area contributed by atoms with Crippen LogP contribution in [0.5, 0.6) is 11.5 Å². The van der Waals surface area contributed by atoms with Gasteiger partial charge in [-0.2, -0.15) is 0 Å². The van der Waals surface area contributed by atoms with Crippen molar-refractivity contribution in [1.29, 1.82) is 0 Å². The lowest BCUT2D eigenvalue weighted by Crippen LogP contribution is -2.01. The molecule has 0 fully saturated rings. The Labute approximate surface area is 112 Å². The molecule has 0 spiro atoms. The Morgan fingerprint density at radius 1 is 0.842 bits per heavy atom. The second-order valence-electron chi connectivity index (χ2n) is 4.02. The van der Waals surface area contributed by atoms with Crippen molar-refractivity contribution in [2.24, 2.45) is 0 Å². The number of hydrogen-bond acceptors (Lipinski definition) is 3. The van der Waals surface area contributed by atoms with Crippen LogP contribution in [-0.2, 0) is 11.4 Å². The van der Waals surface area contributed by atoms with E-state index in [0.29, 0.717) is 31.1 Å². The summed E-state index contributed by atoms with van der Waals surface area (Å²) in [7, 11) is 0. The normalized spacial score (nSPS) is 9.89. The molecule has 98 valence electrons.